The first-order valence-corrected chi connectivity index (χ1v) is 32.8. The van der Waals surface area contributed by atoms with Gasteiger partial charge in [0.2, 0.25) is 59.1 Å². The van der Waals surface area contributed by atoms with Gasteiger partial charge in [-0.15, -0.1) is 0 Å². The number of carboxylic acids is 2. The Kier molecular flexibility index (Phi) is 36.1. The number of carbonyl (C=O) groups is 12. The summed E-state index contributed by atoms with van der Waals surface area (Å²) in [5.74, 6) is -12.8. The smallest absolute Gasteiger partial charge is 0.326 e. The fourth-order valence-corrected chi connectivity index (χ4v) is 11.2. The Labute approximate surface area is 577 Å². The number of likely N-dealkylation sites (tertiary alicyclic amines) is 1. The molecule has 0 radical (unpaired) electrons. The molecule has 2 aliphatic rings. The summed E-state index contributed by atoms with van der Waals surface area (Å²) in [4.78, 5) is 180. The number of nitrogens with two attached hydrogens (primary N) is 9. The molecule has 10 amide bonds. The number of ether oxygens (including phenoxy) is 1. The number of hydrogen-bond acceptors (Lipinski definition) is 20. The highest BCUT2D eigenvalue weighted by molar-refractivity contribution is 7.82. The summed E-state index contributed by atoms with van der Waals surface area (Å²) < 4.78 is 4.26. The number of carbonyl (C=O) groups excluding carboxylic acids is 10. The quantitative estimate of drug-likeness (QED) is 0.0125. The van der Waals surface area contributed by atoms with Gasteiger partial charge in [0.25, 0.3) is 0 Å². The van der Waals surface area contributed by atoms with Crippen molar-refractivity contribution in [3.8, 4) is 5.75 Å². The molecular formula is C58H97N23O15S2. The van der Waals surface area contributed by atoms with E-state index in [4.69, 9.17) is 69.0 Å². The van der Waals surface area contributed by atoms with E-state index in [1.54, 1.807) is 24.3 Å². The van der Waals surface area contributed by atoms with Gasteiger partial charge >= 0.3 is 11.9 Å². The minimum Gasteiger partial charge on any atom is -0.497 e. The van der Waals surface area contributed by atoms with Crippen molar-refractivity contribution in [1.82, 2.24) is 52.8 Å². The molecule has 9 atom stereocenters. The first-order valence-electron chi connectivity index (χ1n) is 31.7. The standard InChI is InChI=1S/C58H97N23O15S2/c1-96-32-17-15-31(16-18-32)26-37(48(89)75-35(12-7-23-70-56(64)65)47(88)79-39(30-97)50(91)77-36(53(94)95)13-8-24-71-57(66)67)78-49(90)38(27-43(84)85)74-41(82)28-72-46(87)34(11-6-22-69-55(62)63)76-51(92)40-14-9-25-81(40)42(83)29-73-52(93)44(58(98)19-3-2-4-20-58)80-45(86)33(59)10-5-21-68-54(60)61/h15-18,33-40,44,97-98H,2-14,19-30,59H2,1H3,(H,72,87)(H,73,93)(H,74,82)(H,75,89)(H,76,92)(H,77,91)(H,78,90)(H,79,88)(H,80,86)(H,84,85)(H,94,95)(H4,60,61,68)(H4,62,63,69)(H4,64,65,70)(H4,66,67,71)/t33-,34-,35-,36-,37-,38-,39-,40-,44?/m0/s1. The molecule has 0 aromatic heterocycles. The lowest BCUT2D eigenvalue weighted by Gasteiger charge is -2.39. The average molecular weight is 1420 g/mol. The van der Waals surface area contributed by atoms with Crippen LogP contribution in [0.5, 0.6) is 5.75 Å². The van der Waals surface area contributed by atoms with Crippen molar-refractivity contribution in [2.45, 2.75) is 168 Å². The maximum Gasteiger partial charge on any atom is 0.326 e. The molecule has 40 heteroatoms. The van der Waals surface area contributed by atoms with E-state index >= 15 is 0 Å². The third-order valence-corrected chi connectivity index (χ3v) is 16.7. The van der Waals surface area contributed by atoms with Crippen LogP contribution in [0.2, 0.25) is 0 Å². The van der Waals surface area contributed by atoms with Crippen LogP contribution in [0.3, 0.4) is 0 Å². The van der Waals surface area contributed by atoms with E-state index in [-0.39, 0.29) is 120 Å². The second kappa shape index (κ2) is 42.8. The van der Waals surface area contributed by atoms with Crippen molar-refractivity contribution in [3.05, 3.63) is 29.8 Å². The van der Waals surface area contributed by atoms with Gasteiger partial charge in [-0.1, -0.05) is 31.4 Å². The molecule has 38 nitrogen and oxygen atoms in total. The normalized spacial score (nSPS) is 16.2. The number of hydrogen-bond donors (Lipinski definition) is 22. The van der Waals surface area contributed by atoms with Crippen LogP contribution in [0.4, 0.5) is 0 Å². The van der Waals surface area contributed by atoms with E-state index in [0.29, 0.717) is 37.0 Å². The Morgan fingerprint density at radius 2 is 1.03 bits per heavy atom. The largest absolute Gasteiger partial charge is 0.497 e. The van der Waals surface area contributed by atoms with Crippen molar-refractivity contribution in [3.63, 3.8) is 0 Å². The molecule has 1 aliphatic heterocycles. The first kappa shape index (κ1) is 82.6. The zero-order chi connectivity index (χ0) is 73.1. The Morgan fingerprint density at radius 1 is 0.561 bits per heavy atom. The molecule has 0 spiro atoms. The van der Waals surface area contributed by atoms with Crippen molar-refractivity contribution < 1.29 is 72.5 Å². The molecule has 2 fully saturated rings. The topological polar surface area (TPSA) is 650 Å². The lowest BCUT2D eigenvalue weighted by Crippen LogP contribution is -2.61. The number of aliphatic carboxylic acids is 2. The van der Waals surface area contributed by atoms with Gasteiger partial charge in [0.15, 0.2) is 23.8 Å². The number of nitrogens with one attached hydrogen (secondary N) is 9. The number of benzene rings is 1. The zero-order valence-corrected chi connectivity index (χ0v) is 56.5. The molecule has 98 heavy (non-hydrogen) atoms. The summed E-state index contributed by atoms with van der Waals surface area (Å²) in [7, 11) is 1.41. The number of amides is 10. The maximum atomic E-state index is 14.5. The van der Waals surface area contributed by atoms with Gasteiger partial charge in [-0.25, -0.2) is 4.79 Å². The molecule has 3 rings (SSSR count). The number of nitrogens with zero attached hydrogens (tertiary/aromatic N) is 5. The van der Waals surface area contributed by atoms with Crippen LogP contribution in [-0.4, -0.2) is 228 Å². The Hall–Kier alpha value is -9.60. The molecule has 1 unspecified atom stereocenters. The molecule has 1 aromatic rings. The SMILES string of the molecule is COc1ccc(C[C@H](NC(=O)[C@H](CC(=O)O)NC(=O)CNC(=O)[C@H](CCCN=C(N)N)NC(=O)[C@@H]2CCCN2C(=O)CNC(=O)C(NC(=O)[C@@H](N)CCCN=C(N)N)C2(S)CCCCC2)C(=O)N[C@@H](CCCN=C(N)N)C(=O)N[C@@H](CS)C(=O)N[C@@H](CCCN=C(N)N)C(=O)O)cc1. The Balaban J connectivity index is 1.83. The number of rotatable bonds is 43. The molecule has 1 aliphatic carbocycles. The predicted octanol–water partition coefficient (Wildman–Crippen LogP) is -7.48. The minimum absolute atomic E-state index is 0.00971. The predicted molar refractivity (Wildman–Crippen MR) is 367 cm³/mol. The van der Waals surface area contributed by atoms with E-state index in [1.807, 2.05) is 0 Å². The minimum atomic E-state index is -1.93. The van der Waals surface area contributed by atoms with Crippen LogP contribution in [0.1, 0.15) is 108 Å². The molecule has 1 heterocycles. The molecule has 1 aromatic carbocycles. The fraction of sp³-hybridized carbons (Fsp3) is 0.621. The van der Waals surface area contributed by atoms with Crippen LogP contribution in [0, 0.1) is 0 Å². The van der Waals surface area contributed by atoms with Gasteiger partial charge in [0.05, 0.1) is 32.7 Å². The number of methoxy groups -OCH3 is 1. The van der Waals surface area contributed by atoms with Gasteiger partial charge in [-0.05, 0) is 94.7 Å². The van der Waals surface area contributed by atoms with Crippen LogP contribution >= 0.6 is 25.3 Å². The van der Waals surface area contributed by atoms with Gasteiger partial charge < -0.3 is 119 Å². The molecule has 29 N–H and O–H groups in total. The van der Waals surface area contributed by atoms with Crippen molar-refractivity contribution in [1.29, 1.82) is 0 Å². The van der Waals surface area contributed by atoms with Gasteiger partial charge in [-0.2, -0.15) is 25.3 Å². The lowest BCUT2D eigenvalue weighted by molar-refractivity contribution is -0.142. The number of thiol groups is 2. The molecular weight excluding hydrogens is 1320 g/mol. The van der Waals surface area contributed by atoms with Crippen molar-refractivity contribution in [2.75, 3.05) is 58.7 Å². The van der Waals surface area contributed by atoms with E-state index in [0.717, 1.165) is 19.3 Å². The zero-order valence-electron chi connectivity index (χ0n) is 54.7. The molecule has 0 bridgehead atoms. The summed E-state index contributed by atoms with van der Waals surface area (Å²) in [6.45, 7) is -1.20. The molecule has 1 saturated heterocycles. The van der Waals surface area contributed by atoms with Crippen molar-refractivity contribution in [2.24, 2.45) is 71.6 Å². The van der Waals surface area contributed by atoms with E-state index in [1.165, 1.54) is 12.0 Å². The highest BCUT2D eigenvalue weighted by Crippen LogP contribution is 2.37. The van der Waals surface area contributed by atoms with Crippen LogP contribution in [0.25, 0.3) is 0 Å². The van der Waals surface area contributed by atoms with Crippen molar-refractivity contribution >= 4 is 120 Å². The van der Waals surface area contributed by atoms with Gasteiger partial charge in [0.1, 0.15) is 54.1 Å². The Bertz CT molecular complexity index is 3010. The van der Waals surface area contributed by atoms with Gasteiger partial charge in [-0.3, -0.25) is 72.7 Å². The Morgan fingerprint density at radius 3 is 1.55 bits per heavy atom. The van der Waals surface area contributed by atoms with E-state index in [2.05, 4.69) is 80.4 Å². The highest BCUT2D eigenvalue weighted by Gasteiger charge is 2.44. The van der Waals surface area contributed by atoms with Gasteiger partial charge in [0, 0.05) is 49.6 Å². The monoisotopic (exact) mass is 1420 g/mol. The van der Waals surface area contributed by atoms with E-state index in [9.17, 15) is 67.7 Å². The second-order valence-electron chi connectivity index (χ2n) is 23.3. The molecule has 1 saturated carbocycles. The summed E-state index contributed by atoms with van der Waals surface area (Å²) in [6, 6.07) is -6.62. The third-order valence-electron chi connectivity index (χ3n) is 15.6. The second-order valence-corrected chi connectivity index (χ2v) is 24.5. The summed E-state index contributed by atoms with van der Waals surface area (Å²) >= 11 is 9.06. The average Bonchev–Trinajstić information content (AvgIpc) is 0.979. The maximum absolute atomic E-state index is 14.5. The van der Waals surface area contributed by atoms with Crippen LogP contribution in [-0.2, 0) is 64.0 Å². The number of guanidine groups is 4. The van der Waals surface area contributed by atoms with Crippen LogP contribution in [0.15, 0.2) is 44.2 Å². The first-order chi connectivity index (χ1) is 46.4. The number of aliphatic imine (C=N–C) groups is 4. The summed E-state index contributed by atoms with van der Waals surface area (Å²) in [6.07, 6.45) is 2.79. The third kappa shape index (κ3) is 30.2. The highest BCUT2D eigenvalue weighted by atomic mass is 32.1. The lowest BCUT2D eigenvalue weighted by atomic mass is 9.82. The van der Waals surface area contributed by atoms with Crippen LogP contribution < -0.4 is 104 Å². The summed E-state index contributed by atoms with van der Waals surface area (Å²) in [5, 5.41) is 42.1. The van der Waals surface area contributed by atoms with E-state index < -0.39 is 150 Å². The summed E-state index contributed by atoms with van der Waals surface area (Å²) in [5.41, 5.74) is 50.1. The fourth-order valence-electron chi connectivity index (χ4n) is 10.5. The molecule has 546 valence electrons. The number of carboxylic acid groups (broad SMARTS) is 2.